The largest absolute Gasteiger partial charge is 0.480 e. The summed E-state index contributed by atoms with van der Waals surface area (Å²) < 4.78 is 38.7. The quantitative estimate of drug-likeness (QED) is 0.697. The summed E-state index contributed by atoms with van der Waals surface area (Å²) >= 11 is 0. The summed E-state index contributed by atoms with van der Waals surface area (Å²) in [6.45, 7) is 1.29. The SMILES string of the molecule is CC(C(=O)O)(C1CCc2c([nH]c3c(F)cccc23)C1)S(=O)(=O)c1ccccc1. The molecule has 2 atom stereocenters. The van der Waals surface area contributed by atoms with Gasteiger partial charge in [-0.05, 0) is 55.9 Å². The van der Waals surface area contributed by atoms with Gasteiger partial charge in [-0.2, -0.15) is 0 Å². The van der Waals surface area contributed by atoms with Crippen LogP contribution in [0.25, 0.3) is 10.9 Å². The predicted molar refractivity (Wildman–Crippen MR) is 103 cm³/mol. The van der Waals surface area contributed by atoms with Crippen LogP contribution in [0.3, 0.4) is 0 Å². The van der Waals surface area contributed by atoms with E-state index >= 15 is 0 Å². The highest BCUT2D eigenvalue weighted by Crippen LogP contribution is 2.42. The summed E-state index contributed by atoms with van der Waals surface area (Å²) in [6.07, 6.45) is 1.13. The van der Waals surface area contributed by atoms with Gasteiger partial charge in [-0.3, -0.25) is 4.79 Å². The molecule has 1 aliphatic rings. The molecule has 0 saturated heterocycles. The molecule has 0 spiro atoms. The molecule has 1 aromatic heterocycles. The van der Waals surface area contributed by atoms with Crippen molar-refractivity contribution in [2.24, 2.45) is 5.92 Å². The van der Waals surface area contributed by atoms with E-state index in [1.54, 1.807) is 24.3 Å². The highest BCUT2D eigenvalue weighted by Gasteiger charge is 2.54. The average Bonchev–Trinajstić information content (AvgIpc) is 3.07. The summed E-state index contributed by atoms with van der Waals surface area (Å²) in [5, 5.41) is 10.7. The summed E-state index contributed by atoms with van der Waals surface area (Å²) in [5.41, 5.74) is 2.04. The van der Waals surface area contributed by atoms with E-state index in [0.717, 1.165) is 10.9 Å². The first-order valence-corrected chi connectivity index (χ1v) is 10.6. The Morgan fingerprint density at radius 1 is 1.18 bits per heavy atom. The van der Waals surface area contributed by atoms with Gasteiger partial charge in [0.05, 0.1) is 10.4 Å². The molecule has 1 aliphatic carbocycles. The number of aryl methyl sites for hydroxylation is 1. The van der Waals surface area contributed by atoms with Gasteiger partial charge < -0.3 is 10.1 Å². The Labute approximate surface area is 162 Å². The number of carbonyl (C=O) groups is 1. The number of hydrogen-bond acceptors (Lipinski definition) is 3. The van der Waals surface area contributed by atoms with E-state index in [1.807, 2.05) is 6.07 Å². The zero-order chi connectivity index (χ0) is 20.1. The number of aromatic amines is 1. The Morgan fingerprint density at radius 3 is 2.57 bits per heavy atom. The Morgan fingerprint density at radius 2 is 1.89 bits per heavy atom. The Balaban J connectivity index is 1.80. The van der Waals surface area contributed by atoms with Gasteiger partial charge in [-0.25, -0.2) is 12.8 Å². The number of fused-ring (bicyclic) bond motifs is 3. The molecule has 3 aromatic rings. The fourth-order valence-electron chi connectivity index (χ4n) is 4.24. The Hall–Kier alpha value is -2.67. The number of aliphatic carboxylic acids is 1. The average molecular weight is 401 g/mol. The number of para-hydroxylation sites is 1. The number of carboxylic acid groups (broad SMARTS) is 1. The second-order valence-corrected chi connectivity index (χ2v) is 9.74. The van der Waals surface area contributed by atoms with Crippen LogP contribution >= 0.6 is 0 Å². The van der Waals surface area contributed by atoms with E-state index in [4.69, 9.17) is 0 Å². The molecular formula is C21H20FNO4S. The zero-order valence-electron chi connectivity index (χ0n) is 15.3. The number of nitrogens with one attached hydrogen (secondary N) is 1. The van der Waals surface area contributed by atoms with Gasteiger partial charge in [0.15, 0.2) is 14.6 Å². The molecule has 0 fully saturated rings. The number of rotatable bonds is 4. The van der Waals surface area contributed by atoms with E-state index < -0.39 is 26.5 Å². The molecule has 28 heavy (non-hydrogen) atoms. The van der Waals surface area contributed by atoms with Crippen LogP contribution in [0.4, 0.5) is 4.39 Å². The predicted octanol–water partition coefficient (Wildman–Crippen LogP) is 3.73. The molecule has 0 aliphatic heterocycles. The van der Waals surface area contributed by atoms with Crippen molar-refractivity contribution in [2.75, 3.05) is 0 Å². The molecule has 0 amide bonds. The van der Waals surface area contributed by atoms with Crippen molar-refractivity contribution in [2.45, 2.75) is 35.8 Å². The molecule has 1 heterocycles. The van der Waals surface area contributed by atoms with Crippen LogP contribution in [-0.2, 0) is 27.5 Å². The molecule has 146 valence electrons. The normalized spacial score (nSPS) is 19.1. The van der Waals surface area contributed by atoms with Gasteiger partial charge in [0.2, 0.25) is 0 Å². The van der Waals surface area contributed by atoms with Crippen LogP contribution in [0.1, 0.15) is 24.6 Å². The third kappa shape index (κ3) is 2.57. The van der Waals surface area contributed by atoms with Crippen molar-refractivity contribution < 1.29 is 22.7 Å². The van der Waals surface area contributed by atoms with Crippen LogP contribution in [0.2, 0.25) is 0 Å². The maximum absolute atomic E-state index is 14.1. The van der Waals surface area contributed by atoms with Gasteiger partial charge in [0, 0.05) is 11.1 Å². The number of halogens is 1. The lowest BCUT2D eigenvalue weighted by Crippen LogP contribution is -2.51. The number of hydrogen-bond donors (Lipinski definition) is 2. The Bertz CT molecular complexity index is 1170. The first-order chi connectivity index (χ1) is 13.3. The molecule has 0 saturated carbocycles. The van der Waals surface area contributed by atoms with Gasteiger partial charge in [0.1, 0.15) is 5.82 Å². The standard InChI is InChI=1S/C21H20FNO4S/c1-21(20(24)25,28(26,27)14-6-3-2-4-7-14)13-10-11-15-16-8-5-9-17(22)19(16)23-18(15)12-13/h2-9,13,23H,10-12H2,1H3,(H,24,25). The van der Waals surface area contributed by atoms with Crippen molar-refractivity contribution in [1.82, 2.24) is 4.98 Å². The van der Waals surface area contributed by atoms with Crippen molar-refractivity contribution >= 4 is 26.7 Å². The fraction of sp³-hybridized carbons (Fsp3) is 0.286. The summed E-state index contributed by atoms with van der Waals surface area (Å²) in [5.74, 6) is -2.38. The minimum Gasteiger partial charge on any atom is -0.480 e. The van der Waals surface area contributed by atoms with Crippen LogP contribution < -0.4 is 0 Å². The lowest BCUT2D eigenvalue weighted by molar-refractivity contribution is -0.141. The smallest absolute Gasteiger partial charge is 0.325 e. The van der Waals surface area contributed by atoms with E-state index in [2.05, 4.69) is 4.98 Å². The number of carboxylic acids is 1. The van der Waals surface area contributed by atoms with Crippen molar-refractivity contribution in [1.29, 1.82) is 0 Å². The minimum absolute atomic E-state index is 0.00612. The lowest BCUT2D eigenvalue weighted by Gasteiger charge is -2.35. The van der Waals surface area contributed by atoms with Gasteiger partial charge in [-0.1, -0.05) is 30.3 Å². The number of aromatic nitrogens is 1. The Kier molecular flexibility index (Phi) is 4.30. The molecule has 2 aromatic carbocycles. The third-order valence-electron chi connectivity index (χ3n) is 5.99. The molecule has 0 radical (unpaired) electrons. The maximum Gasteiger partial charge on any atom is 0.325 e. The van der Waals surface area contributed by atoms with E-state index in [9.17, 15) is 22.7 Å². The zero-order valence-corrected chi connectivity index (χ0v) is 16.1. The monoisotopic (exact) mass is 401 g/mol. The van der Waals surface area contributed by atoms with Gasteiger partial charge in [0.25, 0.3) is 0 Å². The molecule has 2 unspecified atom stereocenters. The topological polar surface area (TPSA) is 87.2 Å². The number of H-pyrrole nitrogens is 1. The molecule has 2 N–H and O–H groups in total. The molecule has 7 heteroatoms. The van der Waals surface area contributed by atoms with E-state index in [-0.39, 0.29) is 17.1 Å². The fourth-order valence-corrected chi connectivity index (χ4v) is 6.12. The highest BCUT2D eigenvalue weighted by atomic mass is 32.2. The van der Waals surface area contributed by atoms with Crippen LogP contribution in [-0.4, -0.2) is 29.2 Å². The van der Waals surface area contributed by atoms with Gasteiger partial charge >= 0.3 is 5.97 Å². The van der Waals surface area contributed by atoms with Crippen LogP contribution in [0.15, 0.2) is 53.4 Å². The van der Waals surface area contributed by atoms with E-state index in [0.29, 0.717) is 24.1 Å². The second kappa shape index (κ2) is 6.44. The first-order valence-electron chi connectivity index (χ1n) is 9.08. The summed E-state index contributed by atoms with van der Waals surface area (Å²) in [4.78, 5) is 15.3. The molecule has 4 rings (SSSR count). The third-order valence-corrected chi connectivity index (χ3v) is 8.50. The van der Waals surface area contributed by atoms with E-state index in [1.165, 1.54) is 25.1 Å². The summed E-state index contributed by atoms with van der Waals surface area (Å²) in [7, 11) is -4.13. The lowest BCUT2D eigenvalue weighted by atomic mass is 9.79. The maximum atomic E-state index is 14.1. The highest BCUT2D eigenvalue weighted by molar-refractivity contribution is 7.93. The van der Waals surface area contributed by atoms with Crippen LogP contribution in [0.5, 0.6) is 0 Å². The molecular weight excluding hydrogens is 381 g/mol. The first kappa shape index (κ1) is 18.7. The molecule has 5 nitrogen and oxygen atoms in total. The van der Waals surface area contributed by atoms with Crippen molar-refractivity contribution in [3.05, 3.63) is 65.6 Å². The second-order valence-electron chi connectivity index (χ2n) is 7.41. The minimum atomic E-state index is -4.13. The molecule has 0 bridgehead atoms. The summed E-state index contributed by atoms with van der Waals surface area (Å²) in [6, 6.07) is 12.5. The number of sulfone groups is 1. The van der Waals surface area contributed by atoms with Crippen LogP contribution in [0, 0.1) is 11.7 Å². The van der Waals surface area contributed by atoms with Gasteiger partial charge in [-0.15, -0.1) is 0 Å². The number of benzene rings is 2. The van der Waals surface area contributed by atoms with Crippen molar-refractivity contribution in [3.63, 3.8) is 0 Å². The van der Waals surface area contributed by atoms with Crippen molar-refractivity contribution in [3.8, 4) is 0 Å².